The van der Waals surface area contributed by atoms with E-state index in [2.05, 4.69) is 9.71 Å². The number of carbonyl (C=O) groups is 1. The van der Waals surface area contributed by atoms with E-state index < -0.39 is 35.0 Å². The minimum Gasteiger partial charge on any atom is -0.370 e. The Bertz CT molecular complexity index is 1340. The zero-order valence-electron chi connectivity index (χ0n) is 22.8. The molecular weight excluding hydrogens is 555 g/mol. The summed E-state index contributed by atoms with van der Waals surface area (Å²) >= 11 is 0. The predicted molar refractivity (Wildman–Crippen MR) is 154 cm³/mol. The number of aliphatic imine (C=N–C) groups is 1. The fraction of sp³-hybridized carbons (Fsp3) is 0.462. The van der Waals surface area contributed by atoms with Crippen LogP contribution in [0.2, 0.25) is 0 Å². The first-order valence-corrected chi connectivity index (χ1v) is 16.3. The summed E-state index contributed by atoms with van der Waals surface area (Å²) in [4.78, 5) is 39.0. The molecule has 7 N–H and O–H groups in total. The Hall–Kier alpha value is -2.80. The predicted octanol–water partition coefficient (Wildman–Crippen LogP) is 0.992. The third-order valence-corrected chi connectivity index (χ3v) is 9.21. The van der Waals surface area contributed by atoms with Gasteiger partial charge >= 0.3 is 7.60 Å². The second kappa shape index (κ2) is 13.2. The van der Waals surface area contributed by atoms with E-state index in [0.717, 1.165) is 11.1 Å². The van der Waals surface area contributed by atoms with Gasteiger partial charge in [-0.25, -0.2) is 8.42 Å². The van der Waals surface area contributed by atoms with Crippen molar-refractivity contribution >= 4 is 29.5 Å². The topological polar surface area (TPSA) is 192 Å². The highest BCUT2D eigenvalue weighted by atomic mass is 32.2. The molecule has 1 heterocycles. The first kappa shape index (κ1) is 31.7. The van der Waals surface area contributed by atoms with Gasteiger partial charge in [0.1, 0.15) is 12.3 Å². The highest BCUT2D eigenvalue weighted by molar-refractivity contribution is 7.89. The average Bonchev–Trinajstić information content (AvgIpc) is 2.90. The van der Waals surface area contributed by atoms with Gasteiger partial charge in [-0.3, -0.25) is 19.3 Å². The highest BCUT2D eigenvalue weighted by Crippen LogP contribution is 2.35. The minimum atomic E-state index is -4.22. The second-order valence-corrected chi connectivity index (χ2v) is 13.7. The van der Waals surface area contributed by atoms with Crippen molar-refractivity contribution in [2.24, 2.45) is 16.5 Å². The number of piperazine rings is 1. The molecule has 0 radical (unpaired) electrons. The Morgan fingerprint density at radius 1 is 1.05 bits per heavy atom. The van der Waals surface area contributed by atoms with Gasteiger partial charge in [-0.15, -0.1) is 0 Å². The Balaban J connectivity index is 1.80. The Labute approximate surface area is 235 Å². The minimum absolute atomic E-state index is 0.0440. The average molecular weight is 595 g/mol. The molecule has 1 amide bonds. The lowest BCUT2D eigenvalue weighted by molar-refractivity contribution is -0.134. The summed E-state index contributed by atoms with van der Waals surface area (Å²) in [5, 5.41) is 0. The van der Waals surface area contributed by atoms with Gasteiger partial charge in [0.2, 0.25) is 15.9 Å². The van der Waals surface area contributed by atoms with Crippen molar-refractivity contribution in [3.05, 3.63) is 65.7 Å². The molecule has 2 aromatic carbocycles. The molecule has 2 aromatic rings. The summed E-state index contributed by atoms with van der Waals surface area (Å²) in [5.41, 5.74) is 12.2. The maximum Gasteiger partial charge on any atom is 0.339 e. The number of rotatable bonds is 12. The van der Waals surface area contributed by atoms with E-state index >= 15 is 0 Å². The zero-order chi connectivity index (χ0) is 29.6. The van der Waals surface area contributed by atoms with Crippen LogP contribution in [0, 0.1) is 0 Å². The van der Waals surface area contributed by atoms with E-state index in [4.69, 9.17) is 11.5 Å². The van der Waals surface area contributed by atoms with Crippen molar-refractivity contribution in [2.75, 3.05) is 39.0 Å². The summed E-state index contributed by atoms with van der Waals surface area (Å²) in [6, 6.07) is 15.4. The summed E-state index contributed by atoms with van der Waals surface area (Å²) in [7, 11) is -8.32. The zero-order valence-corrected chi connectivity index (χ0v) is 24.5. The summed E-state index contributed by atoms with van der Waals surface area (Å²) in [6.45, 7) is 5.22. The van der Waals surface area contributed by atoms with Crippen molar-refractivity contribution in [1.29, 1.82) is 0 Å². The number of guanidine groups is 1. The summed E-state index contributed by atoms with van der Waals surface area (Å²) < 4.78 is 41.0. The maximum atomic E-state index is 13.6. The maximum absolute atomic E-state index is 13.6. The number of carbonyl (C=O) groups excluding carboxylic acids is 1. The van der Waals surface area contributed by atoms with Crippen LogP contribution in [0.1, 0.15) is 37.8 Å². The molecule has 1 atom stereocenters. The first-order chi connectivity index (χ1) is 18.7. The number of nitrogens with two attached hydrogens (primary N) is 2. The van der Waals surface area contributed by atoms with Crippen LogP contribution in [0.3, 0.4) is 0 Å². The van der Waals surface area contributed by atoms with E-state index in [1.165, 1.54) is 11.0 Å². The van der Waals surface area contributed by atoms with Crippen molar-refractivity contribution < 1.29 is 27.6 Å². The second-order valence-electron chi connectivity index (χ2n) is 10.4. The number of amides is 1. The molecule has 0 bridgehead atoms. The summed E-state index contributed by atoms with van der Waals surface area (Å²) in [6.07, 6.45) is 0.127. The molecule has 40 heavy (non-hydrogen) atoms. The van der Waals surface area contributed by atoms with Crippen LogP contribution >= 0.6 is 7.60 Å². The third kappa shape index (κ3) is 8.85. The lowest BCUT2D eigenvalue weighted by Gasteiger charge is -2.36. The van der Waals surface area contributed by atoms with E-state index in [-0.39, 0.29) is 56.3 Å². The molecule has 220 valence electrons. The molecule has 3 rings (SSSR count). The Kier molecular flexibility index (Phi) is 10.5. The molecule has 0 saturated carbocycles. The molecule has 0 spiro atoms. The Morgan fingerprint density at radius 2 is 1.68 bits per heavy atom. The lowest BCUT2D eigenvalue weighted by Crippen LogP contribution is -2.55. The van der Waals surface area contributed by atoms with Crippen LogP contribution in [0.4, 0.5) is 0 Å². The largest absolute Gasteiger partial charge is 0.370 e. The van der Waals surface area contributed by atoms with Crippen molar-refractivity contribution in [3.63, 3.8) is 0 Å². The van der Waals surface area contributed by atoms with Crippen molar-refractivity contribution in [1.82, 2.24) is 14.5 Å². The number of benzene rings is 2. The molecule has 1 saturated heterocycles. The number of nitrogens with one attached hydrogen (secondary N) is 1. The van der Waals surface area contributed by atoms with E-state index in [0.29, 0.717) is 6.42 Å². The van der Waals surface area contributed by atoms with Crippen LogP contribution in [-0.4, -0.2) is 84.9 Å². The first-order valence-electron chi connectivity index (χ1n) is 13.0. The molecular formula is C26H39N6O6PS. The van der Waals surface area contributed by atoms with Gasteiger partial charge in [-0.05, 0) is 36.1 Å². The van der Waals surface area contributed by atoms with E-state index in [1.54, 1.807) is 17.0 Å². The highest BCUT2D eigenvalue weighted by Gasteiger charge is 2.33. The van der Waals surface area contributed by atoms with Crippen LogP contribution in [0.25, 0.3) is 0 Å². The van der Waals surface area contributed by atoms with Gasteiger partial charge in [0.15, 0.2) is 5.96 Å². The molecule has 1 aliphatic heterocycles. The molecule has 12 nitrogen and oxygen atoms in total. The quantitative estimate of drug-likeness (QED) is 0.103. The fourth-order valence-electron chi connectivity index (χ4n) is 4.66. The standard InChI is InChI=1S/C26H39N6O6PS/c1-26(2,20-8-4-3-5-9-20)21-10-6-11-22(18-21)40(37,38)30-23(12-7-13-29-25(27)28)24(33)32-16-14-31(15-17-32)19-39(34,35)36/h3-6,8-11,18,23,30H,7,12-17,19H2,1-2H3,(H4,27,28,29)(H2,34,35,36)/t23-/m0/s1. The van der Waals surface area contributed by atoms with Crippen molar-refractivity contribution in [2.45, 2.75) is 43.0 Å². The van der Waals surface area contributed by atoms with Gasteiger partial charge in [0, 0.05) is 38.1 Å². The van der Waals surface area contributed by atoms with Crippen LogP contribution < -0.4 is 16.2 Å². The molecule has 14 heteroatoms. The Morgan fingerprint density at radius 3 is 2.27 bits per heavy atom. The monoisotopic (exact) mass is 594 g/mol. The smallest absolute Gasteiger partial charge is 0.339 e. The summed E-state index contributed by atoms with van der Waals surface area (Å²) in [5.74, 6) is -0.507. The van der Waals surface area contributed by atoms with Gasteiger partial charge in [-0.1, -0.05) is 56.3 Å². The molecule has 0 unspecified atom stereocenters. The number of hydrogen-bond donors (Lipinski definition) is 5. The van der Waals surface area contributed by atoms with E-state index in [1.807, 2.05) is 50.2 Å². The SMILES string of the molecule is CC(C)(c1ccccc1)c1cccc(S(=O)(=O)N[C@@H](CCCN=C(N)N)C(=O)N2CCN(CP(=O)(O)O)CC2)c1. The molecule has 1 aliphatic rings. The molecule has 1 fully saturated rings. The third-order valence-electron chi connectivity index (χ3n) is 6.97. The van der Waals surface area contributed by atoms with Crippen LogP contribution in [-0.2, 0) is 24.8 Å². The molecule has 0 aliphatic carbocycles. The number of nitrogens with zero attached hydrogens (tertiary/aromatic N) is 3. The van der Waals surface area contributed by atoms with Crippen molar-refractivity contribution in [3.8, 4) is 0 Å². The normalized spacial score (nSPS) is 15.9. The van der Waals surface area contributed by atoms with Gasteiger partial charge in [-0.2, -0.15) is 4.72 Å². The lowest BCUT2D eigenvalue weighted by atomic mass is 9.78. The van der Waals surface area contributed by atoms with E-state index in [9.17, 15) is 27.6 Å². The van der Waals surface area contributed by atoms with Gasteiger partial charge in [0.05, 0.1) is 4.90 Å². The number of hydrogen-bond acceptors (Lipinski definition) is 6. The van der Waals surface area contributed by atoms with Crippen LogP contribution in [0.15, 0.2) is 64.5 Å². The van der Waals surface area contributed by atoms with Gasteiger partial charge in [0.25, 0.3) is 0 Å². The fourth-order valence-corrected chi connectivity index (χ4v) is 6.73. The van der Waals surface area contributed by atoms with Crippen LogP contribution in [0.5, 0.6) is 0 Å². The number of sulfonamides is 1. The van der Waals surface area contributed by atoms with Gasteiger partial charge < -0.3 is 26.2 Å². The molecule has 0 aromatic heterocycles.